The van der Waals surface area contributed by atoms with E-state index >= 15 is 0 Å². The van der Waals surface area contributed by atoms with E-state index < -0.39 is 56.6 Å². The van der Waals surface area contributed by atoms with E-state index in [0.717, 1.165) is 0 Å². The molecule has 2 unspecified atom stereocenters. The van der Waals surface area contributed by atoms with Gasteiger partial charge in [-0.05, 0) is 43.4 Å². The summed E-state index contributed by atoms with van der Waals surface area (Å²) in [7, 11) is -1.82. The van der Waals surface area contributed by atoms with Crippen LogP contribution in [0.2, 0.25) is 0 Å². The Hall–Kier alpha value is -2.27. The van der Waals surface area contributed by atoms with Gasteiger partial charge in [0.1, 0.15) is 30.4 Å². The van der Waals surface area contributed by atoms with Crippen LogP contribution in [0.5, 0.6) is 5.75 Å². The average molecular weight is 538 g/mol. The molecule has 0 aromatic heterocycles. The van der Waals surface area contributed by atoms with Gasteiger partial charge >= 0.3 is 20.5 Å². The van der Waals surface area contributed by atoms with E-state index in [4.69, 9.17) is 18.5 Å². The number of amides is 2. The molecule has 2 heterocycles. The van der Waals surface area contributed by atoms with Gasteiger partial charge in [-0.3, -0.25) is 9.69 Å². The molecule has 12 heteroatoms. The smallest absolute Gasteiger partial charge is 0.325 e. The Kier molecular flexibility index (Phi) is 8.42. The van der Waals surface area contributed by atoms with E-state index in [1.807, 2.05) is 39.0 Å². The maximum atomic E-state index is 12.5. The summed E-state index contributed by atoms with van der Waals surface area (Å²) in [5.41, 5.74) is -0.764. The van der Waals surface area contributed by atoms with E-state index in [1.165, 1.54) is 17.2 Å². The van der Waals surface area contributed by atoms with Crippen molar-refractivity contribution in [2.75, 3.05) is 13.2 Å². The number of carbonyl (C=O) groups excluding carboxylic acids is 2. The third kappa shape index (κ3) is 6.79. The minimum atomic E-state index is -1.82. The van der Waals surface area contributed by atoms with Crippen LogP contribution in [0.3, 0.4) is 0 Å². The largest absolute Gasteiger partial charge is 0.464 e. The van der Waals surface area contributed by atoms with Crippen molar-refractivity contribution in [3.63, 3.8) is 0 Å². The van der Waals surface area contributed by atoms with Crippen LogP contribution in [0.4, 0.5) is 4.79 Å². The van der Waals surface area contributed by atoms with Crippen molar-refractivity contribution >= 4 is 20.5 Å². The highest BCUT2D eigenvalue weighted by Gasteiger charge is 2.65. The minimum Gasteiger partial charge on any atom is -0.464 e. The summed E-state index contributed by atoms with van der Waals surface area (Å²) in [6.45, 7) is 7.85. The van der Waals surface area contributed by atoms with E-state index in [2.05, 4.69) is 10.4 Å². The number of carbonyl (C=O) groups is 2. The van der Waals surface area contributed by atoms with Crippen molar-refractivity contribution in [1.82, 2.24) is 15.3 Å². The summed E-state index contributed by atoms with van der Waals surface area (Å²) in [6, 6.07) is 7.84. The predicted octanol–water partition coefficient (Wildman–Crippen LogP) is 2.60. The van der Waals surface area contributed by atoms with Gasteiger partial charge in [0.2, 0.25) is 0 Å². The lowest BCUT2D eigenvalue weighted by atomic mass is 9.96. The van der Waals surface area contributed by atoms with Gasteiger partial charge in [0.15, 0.2) is 0 Å². The molecule has 37 heavy (non-hydrogen) atoms. The second kappa shape index (κ2) is 11.2. The number of aliphatic hydroxyl groups excluding tert-OH is 2. The number of ether oxygens (including phenoxy) is 2. The third-order valence-corrected chi connectivity index (χ3v) is 7.70. The summed E-state index contributed by atoms with van der Waals surface area (Å²) < 4.78 is 23.5. The van der Waals surface area contributed by atoms with Crippen LogP contribution in [0, 0.1) is 10.8 Å². The molecular weight excluding hydrogens is 501 g/mol. The molecule has 0 bridgehead atoms. The zero-order valence-corrected chi connectivity index (χ0v) is 22.4. The normalized spacial score (nSPS) is 28.1. The average Bonchev–Trinajstić information content (AvgIpc) is 3.59. The maximum absolute atomic E-state index is 12.5. The van der Waals surface area contributed by atoms with E-state index in [9.17, 15) is 19.8 Å². The predicted molar refractivity (Wildman–Crippen MR) is 135 cm³/mol. The van der Waals surface area contributed by atoms with Crippen molar-refractivity contribution in [2.24, 2.45) is 10.8 Å². The maximum Gasteiger partial charge on any atom is 0.325 e. The highest BCUT2D eigenvalue weighted by Crippen LogP contribution is 2.59. The molecule has 2 aliphatic heterocycles. The first-order valence-electron chi connectivity index (χ1n) is 12.4. The molecule has 1 spiro atoms. The number of para-hydroxylation sites is 1. The van der Waals surface area contributed by atoms with Crippen LogP contribution in [0.25, 0.3) is 0 Å². The molecule has 0 radical (unpaired) electrons. The Morgan fingerprint density at radius 1 is 1.30 bits per heavy atom. The number of benzene rings is 1. The van der Waals surface area contributed by atoms with Gasteiger partial charge in [0.05, 0.1) is 19.3 Å². The number of nitrogens with zero attached hydrogens (tertiary/aromatic N) is 1. The number of nitrogens with one attached hydrogen (secondary N) is 2. The highest BCUT2D eigenvalue weighted by atomic mass is 31.2. The Labute approximate surface area is 218 Å². The van der Waals surface area contributed by atoms with Gasteiger partial charge in [-0.25, -0.2) is 9.88 Å². The Bertz CT molecular complexity index is 984. The standard InChI is InChI=1S/C25H36N3O8P/c1-16(21(31)33-15-24(2,3)4)27-37(36-17-8-6-5-7-9-17)34-14-18-20(30)25(11-12-25)22(35-18)28-13-10-19(29)26-23(28)32/h5-10,13,16,18-20,22,27,29-30H,11-12,14-15H2,1-4H3,(H,26,32)/t16-,18+,19?,20+,22+,37?/m0/s1. The van der Waals surface area contributed by atoms with Crippen molar-refractivity contribution in [3.05, 3.63) is 42.6 Å². The molecule has 1 aliphatic carbocycles. The molecule has 6 atom stereocenters. The number of urea groups is 1. The SMILES string of the molecule is C[C@H](NP(OC[C@H]1O[C@@H](N2C=CC(O)NC2=O)C2(CC2)[C@@H]1O)Oc1ccccc1)C(=O)OCC(C)(C)C. The van der Waals surface area contributed by atoms with Crippen molar-refractivity contribution in [2.45, 2.75) is 71.2 Å². The highest BCUT2D eigenvalue weighted by molar-refractivity contribution is 7.45. The molecule has 2 amide bonds. The van der Waals surface area contributed by atoms with Crippen molar-refractivity contribution in [1.29, 1.82) is 0 Å². The summed E-state index contributed by atoms with van der Waals surface area (Å²) in [5, 5.41) is 26.2. The fraction of sp³-hybridized carbons (Fsp3) is 0.600. The van der Waals surface area contributed by atoms with Gasteiger partial charge in [-0.15, -0.1) is 0 Å². The van der Waals surface area contributed by atoms with Crippen LogP contribution in [0.1, 0.15) is 40.5 Å². The zero-order chi connectivity index (χ0) is 26.8. The summed E-state index contributed by atoms with van der Waals surface area (Å²) in [5.74, 6) is 0.122. The van der Waals surface area contributed by atoms with Gasteiger partial charge in [0, 0.05) is 11.6 Å². The molecule has 204 valence electrons. The van der Waals surface area contributed by atoms with E-state index in [-0.39, 0.29) is 18.6 Å². The van der Waals surface area contributed by atoms with Crippen LogP contribution in [0.15, 0.2) is 42.6 Å². The first-order valence-corrected chi connectivity index (χ1v) is 13.5. The van der Waals surface area contributed by atoms with E-state index in [0.29, 0.717) is 18.6 Å². The first-order chi connectivity index (χ1) is 17.5. The van der Waals surface area contributed by atoms with Crippen LogP contribution < -0.4 is 14.9 Å². The Morgan fingerprint density at radius 2 is 2.00 bits per heavy atom. The minimum absolute atomic E-state index is 0.0312. The summed E-state index contributed by atoms with van der Waals surface area (Å²) in [6.07, 6.45) is 0.949. The molecule has 4 rings (SSSR count). The fourth-order valence-corrected chi connectivity index (χ4v) is 5.36. The lowest BCUT2D eigenvalue weighted by Crippen LogP contribution is -2.52. The Balaban J connectivity index is 1.40. The molecule has 1 saturated carbocycles. The molecule has 1 aromatic carbocycles. The van der Waals surface area contributed by atoms with Crippen molar-refractivity contribution in [3.8, 4) is 5.75 Å². The van der Waals surface area contributed by atoms with Gasteiger partial charge in [-0.1, -0.05) is 39.0 Å². The Morgan fingerprint density at radius 3 is 2.62 bits per heavy atom. The second-order valence-corrected chi connectivity index (χ2v) is 12.0. The van der Waals surface area contributed by atoms with Crippen molar-refractivity contribution < 1.29 is 38.3 Å². The van der Waals surface area contributed by atoms with Crippen LogP contribution in [-0.4, -0.2) is 71.0 Å². The second-order valence-electron chi connectivity index (χ2n) is 10.8. The summed E-state index contributed by atoms with van der Waals surface area (Å²) >= 11 is 0. The number of hydrogen-bond donors (Lipinski definition) is 4. The van der Waals surface area contributed by atoms with Gasteiger partial charge in [-0.2, -0.15) is 0 Å². The number of rotatable bonds is 10. The van der Waals surface area contributed by atoms with Gasteiger partial charge < -0.3 is 34.1 Å². The lowest BCUT2D eigenvalue weighted by molar-refractivity contribution is -0.148. The summed E-state index contributed by atoms with van der Waals surface area (Å²) in [4.78, 5) is 26.3. The molecule has 2 fully saturated rings. The topological polar surface area (TPSA) is 139 Å². The molecule has 4 N–H and O–H groups in total. The quantitative estimate of drug-likeness (QED) is 0.262. The lowest BCUT2D eigenvalue weighted by Gasteiger charge is -2.33. The molecule has 11 nitrogen and oxygen atoms in total. The fourth-order valence-electron chi connectivity index (χ4n) is 4.16. The van der Waals surface area contributed by atoms with Crippen LogP contribution >= 0.6 is 8.53 Å². The molecular formula is C25H36N3O8P. The molecule has 1 aromatic rings. The van der Waals surface area contributed by atoms with Crippen LogP contribution in [-0.2, 0) is 18.8 Å². The number of hydrogen-bond acceptors (Lipinski definition) is 9. The third-order valence-electron chi connectivity index (χ3n) is 6.34. The number of esters is 1. The first kappa shape index (κ1) is 27.8. The number of aliphatic hydroxyl groups is 2. The molecule has 1 saturated heterocycles. The monoisotopic (exact) mass is 537 g/mol. The van der Waals surface area contributed by atoms with Gasteiger partial charge in [0.25, 0.3) is 0 Å². The molecule has 3 aliphatic rings. The van der Waals surface area contributed by atoms with E-state index in [1.54, 1.807) is 19.1 Å². The zero-order valence-electron chi connectivity index (χ0n) is 21.5.